The first kappa shape index (κ1) is 10.5. The highest BCUT2D eigenvalue weighted by Crippen LogP contribution is 2.28. The van der Waals surface area contributed by atoms with E-state index in [1.165, 1.54) is 5.56 Å². The second kappa shape index (κ2) is 4.07. The van der Waals surface area contributed by atoms with Gasteiger partial charge in [0.05, 0.1) is 6.04 Å². The molecule has 0 bridgehead atoms. The molecule has 0 spiro atoms. The Hall–Kier alpha value is -0.600. The number of rotatable bonds is 2. The SMILES string of the molecule is C=C(C)C(N)c1cccc(C)c1Br. The van der Waals surface area contributed by atoms with E-state index in [0.717, 1.165) is 15.6 Å². The fourth-order valence-electron chi connectivity index (χ4n) is 1.18. The number of aryl methyl sites for hydroxylation is 1. The lowest BCUT2D eigenvalue weighted by molar-refractivity contribution is 0.843. The van der Waals surface area contributed by atoms with Gasteiger partial charge in [0.15, 0.2) is 0 Å². The summed E-state index contributed by atoms with van der Waals surface area (Å²) in [6, 6.07) is 6.02. The smallest absolute Gasteiger partial charge is 0.0516 e. The molecule has 0 amide bonds. The summed E-state index contributed by atoms with van der Waals surface area (Å²) in [6.07, 6.45) is 0. The first-order chi connectivity index (χ1) is 6.04. The monoisotopic (exact) mass is 239 g/mol. The van der Waals surface area contributed by atoms with E-state index < -0.39 is 0 Å². The Kier molecular flexibility index (Phi) is 3.28. The molecule has 1 unspecified atom stereocenters. The molecule has 13 heavy (non-hydrogen) atoms. The highest BCUT2D eigenvalue weighted by atomic mass is 79.9. The van der Waals surface area contributed by atoms with E-state index in [9.17, 15) is 0 Å². The van der Waals surface area contributed by atoms with Crippen molar-refractivity contribution < 1.29 is 0 Å². The molecule has 0 heterocycles. The summed E-state index contributed by atoms with van der Waals surface area (Å²) in [5, 5.41) is 0. The maximum absolute atomic E-state index is 5.98. The minimum absolute atomic E-state index is 0.0747. The van der Waals surface area contributed by atoms with Crippen molar-refractivity contribution in [3.05, 3.63) is 46.0 Å². The molecule has 0 aliphatic rings. The van der Waals surface area contributed by atoms with Gasteiger partial charge in [-0.15, -0.1) is 0 Å². The lowest BCUT2D eigenvalue weighted by Gasteiger charge is -2.14. The van der Waals surface area contributed by atoms with E-state index in [0.29, 0.717) is 0 Å². The highest BCUT2D eigenvalue weighted by Gasteiger charge is 2.10. The normalized spacial score (nSPS) is 12.6. The minimum atomic E-state index is -0.0747. The lowest BCUT2D eigenvalue weighted by Crippen LogP contribution is -2.11. The second-order valence-electron chi connectivity index (χ2n) is 3.30. The molecule has 1 nitrogen and oxygen atoms in total. The quantitative estimate of drug-likeness (QED) is 0.788. The Morgan fingerprint density at radius 3 is 2.69 bits per heavy atom. The highest BCUT2D eigenvalue weighted by molar-refractivity contribution is 9.10. The summed E-state index contributed by atoms with van der Waals surface area (Å²) in [5.41, 5.74) is 9.26. The zero-order chi connectivity index (χ0) is 10.0. The number of benzene rings is 1. The van der Waals surface area contributed by atoms with Crippen molar-refractivity contribution in [2.75, 3.05) is 0 Å². The van der Waals surface area contributed by atoms with E-state index >= 15 is 0 Å². The van der Waals surface area contributed by atoms with Crippen LogP contribution < -0.4 is 5.73 Å². The predicted octanol–water partition coefficient (Wildman–Crippen LogP) is 3.33. The predicted molar refractivity (Wildman–Crippen MR) is 60.6 cm³/mol. The van der Waals surface area contributed by atoms with E-state index in [1.807, 2.05) is 19.1 Å². The minimum Gasteiger partial charge on any atom is -0.321 e. The molecule has 2 heteroatoms. The van der Waals surface area contributed by atoms with Crippen LogP contribution in [0.15, 0.2) is 34.8 Å². The third-order valence-corrected chi connectivity index (χ3v) is 3.17. The summed E-state index contributed by atoms with van der Waals surface area (Å²) in [4.78, 5) is 0. The summed E-state index contributed by atoms with van der Waals surface area (Å²) in [7, 11) is 0. The second-order valence-corrected chi connectivity index (χ2v) is 4.10. The van der Waals surface area contributed by atoms with Crippen molar-refractivity contribution in [2.45, 2.75) is 19.9 Å². The van der Waals surface area contributed by atoms with Gasteiger partial charge in [-0.25, -0.2) is 0 Å². The Morgan fingerprint density at radius 1 is 1.54 bits per heavy atom. The van der Waals surface area contributed by atoms with Crippen LogP contribution in [0.2, 0.25) is 0 Å². The zero-order valence-corrected chi connectivity index (χ0v) is 9.56. The van der Waals surface area contributed by atoms with Crippen LogP contribution in [0.1, 0.15) is 24.1 Å². The van der Waals surface area contributed by atoms with E-state index in [2.05, 4.69) is 35.5 Å². The van der Waals surface area contributed by atoms with E-state index in [1.54, 1.807) is 0 Å². The van der Waals surface area contributed by atoms with Crippen LogP contribution in [0.25, 0.3) is 0 Å². The first-order valence-electron chi connectivity index (χ1n) is 4.20. The van der Waals surface area contributed by atoms with Crippen molar-refractivity contribution in [1.29, 1.82) is 0 Å². The van der Waals surface area contributed by atoms with Gasteiger partial charge in [0.1, 0.15) is 0 Å². The van der Waals surface area contributed by atoms with Gasteiger partial charge in [0.2, 0.25) is 0 Å². The van der Waals surface area contributed by atoms with Gasteiger partial charge in [-0.05, 0) is 25.0 Å². The molecule has 1 aromatic carbocycles. The fraction of sp³-hybridized carbons (Fsp3) is 0.273. The van der Waals surface area contributed by atoms with Crippen molar-refractivity contribution in [2.24, 2.45) is 5.73 Å². The van der Waals surface area contributed by atoms with Crippen molar-refractivity contribution in [1.82, 2.24) is 0 Å². The molecule has 1 aromatic rings. The van der Waals surface area contributed by atoms with Gasteiger partial charge in [0, 0.05) is 4.47 Å². The molecule has 0 radical (unpaired) electrons. The Bertz CT molecular complexity index is 331. The fourth-order valence-corrected chi connectivity index (χ4v) is 1.69. The van der Waals surface area contributed by atoms with Crippen LogP contribution in [-0.4, -0.2) is 0 Å². The largest absolute Gasteiger partial charge is 0.321 e. The Balaban J connectivity index is 3.15. The molecule has 0 aliphatic carbocycles. The molecule has 1 atom stereocenters. The molecule has 0 saturated heterocycles. The van der Waals surface area contributed by atoms with Crippen LogP contribution in [0, 0.1) is 6.92 Å². The summed E-state index contributed by atoms with van der Waals surface area (Å²) >= 11 is 3.53. The van der Waals surface area contributed by atoms with Crippen molar-refractivity contribution in [3.63, 3.8) is 0 Å². The number of hydrogen-bond acceptors (Lipinski definition) is 1. The zero-order valence-electron chi connectivity index (χ0n) is 7.97. The van der Waals surface area contributed by atoms with Gasteiger partial charge in [-0.2, -0.15) is 0 Å². The maximum atomic E-state index is 5.98. The van der Waals surface area contributed by atoms with Gasteiger partial charge < -0.3 is 5.73 Å². The third-order valence-electron chi connectivity index (χ3n) is 2.09. The molecule has 1 rings (SSSR count). The number of halogens is 1. The average Bonchev–Trinajstić information content (AvgIpc) is 2.08. The summed E-state index contributed by atoms with van der Waals surface area (Å²) in [5.74, 6) is 0. The van der Waals surface area contributed by atoms with E-state index in [4.69, 9.17) is 5.73 Å². The topological polar surface area (TPSA) is 26.0 Å². The molecule has 0 aliphatic heterocycles. The van der Waals surface area contributed by atoms with Crippen LogP contribution in [0.5, 0.6) is 0 Å². The van der Waals surface area contributed by atoms with Gasteiger partial charge >= 0.3 is 0 Å². The van der Waals surface area contributed by atoms with Crippen LogP contribution in [0.3, 0.4) is 0 Å². The summed E-state index contributed by atoms with van der Waals surface area (Å²) < 4.78 is 1.09. The molecule has 0 saturated carbocycles. The molecular weight excluding hydrogens is 226 g/mol. The molecular formula is C11H14BrN. The molecule has 0 fully saturated rings. The van der Waals surface area contributed by atoms with Gasteiger partial charge in [0.25, 0.3) is 0 Å². The van der Waals surface area contributed by atoms with Crippen LogP contribution in [-0.2, 0) is 0 Å². The number of hydrogen-bond donors (Lipinski definition) is 1. The third kappa shape index (κ3) is 2.20. The van der Waals surface area contributed by atoms with Crippen LogP contribution in [0.4, 0.5) is 0 Å². The van der Waals surface area contributed by atoms with E-state index in [-0.39, 0.29) is 6.04 Å². The van der Waals surface area contributed by atoms with Crippen molar-refractivity contribution in [3.8, 4) is 0 Å². The standard InChI is InChI=1S/C11H14BrN/c1-7(2)11(13)9-6-4-5-8(3)10(9)12/h4-6,11H,1,13H2,2-3H3. The molecule has 0 aromatic heterocycles. The Morgan fingerprint density at radius 2 is 2.15 bits per heavy atom. The molecule has 70 valence electrons. The Labute approximate surface area is 87.8 Å². The van der Waals surface area contributed by atoms with Gasteiger partial charge in [-0.1, -0.05) is 46.3 Å². The molecule has 2 N–H and O–H groups in total. The van der Waals surface area contributed by atoms with Gasteiger partial charge in [-0.3, -0.25) is 0 Å². The summed E-state index contributed by atoms with van der Waals surface area (Å²) in [6.45, 7) is 7.85. The maximum Gasteiger partial charge on any atom is 0.0516 e. The van der Waals surface area contributed by atoms with Crippen LogP contribution >= 0.6 is 15.9 Å². The average molecular weight is 240 g/mol. The van der Waals surface area contributed by atoms with Crippen molar-refractivity contribution >= 4 is 15.9 Å². The number of nitrogens with two attached hydrogens (primary N) is 1. The first-order valence-corrected chi connectivity index (χ1v) is 4.99. The lowest BCUT2D eigenvalue weighted by atomic mass is 10.0.